The fraction of sp³-hybridized carbons (Fsp3) is 0.643. The molecule has 2 heterocycles. The molecule has 1 N–H and O–H groups in total. The molecule has 1 aromatic rings. The number of aliphatic hydroxyl groups is 1. The first-order chi connectivity index (χ1) is 8.64. The van der Waals surface area contributed by atoms with Gasteiger partial charge < -0.3 is 14.4 Å². The van der Waals surface area contributed by atoms with Crippen LogP contribution in [0.4, 0.5) is 0 Å². The van der Waals surface area contributed by atoms with E-state index in [-0.39, 0.29) is 0 Å². The zero-order chi connectivity index (χ0) is 14.4. The first-order valence-corrected chi connectivity index (χ1v) is 6.65. The Hall–Kier alpha value is -0.905. The zero-order valence-electron chi connectivity index (χ0n) is 12.5. The molecule has 0 radical (unpaired) electrons. The zero-order valence-corrected chi connectivity index (χ0v) is 12.5. The molecule has 0 aliphatic carbocycles. The van der Waals surface area contributed by atoms with Crippen molar-refractivity contribution in [3.8, 4) is 0 Å². The molecule has 1 fully saturated rings. The van der Waals surface area contributed by atoms with Gasteiger partial charge in [0.05, 0.1) is 23.0 Å². The van der Waals surface area contributed by atoms with Crippen molar-refractivity contribution in [3.63, 3.8) is 0 Å². The smallest absolute Gasteiger partial charge is 0.399 e. The van der Waals surface area contributed by atoms with Gasteiger partial charge in [0.1, 0.15) is 0 Å². The highest BCUT2D eigenvalue weighted by atomic mass is 16.7. The maximum Gasteiger partial charge on any atom is 0.496 e. The lowest BCUT2D eigenvalue weighted by molar-refractivity contribution is 0.00578. The van der Waals surface area contributed by atoms with E-state index < -0.39 is 24.4 Å². The van der Waals surface area contributed by atoms with Crippen molar-refractivity contribution < 1.29 is 14.4 Å². The van der Waals surface area contributed by atoms with Crippen LogP contribution < -0.4 is 5.46 Å². The number of rotatable bonds is 2. The van der Waals surface area contributed by atoms with Crippen molar-refractivity contribution in [1.29, 1.82) is 0 Å². The predicted octanol–water partition coefficient (Wildman–Crippen LogP) is 1.74. The Bertz CT molecular complexity index is 470. The second-order valence-electron chi connectivity index (χ2n) is 6.19. The van der Waals surface area contributed by atoms with Crippen molar-refractivity contribution in [2.24, 2.45) is 0 Å². The minimum atomic E-state index is -0.645. The fourth-order valence-electron chi connectivity index (χ4n) is 2.09. The SMILES string of the molecule is Cc1ccc(B2OC(C)(C)C(C)(C)O2)c(C(C)O)n1. The highest BCUT2D eigenvalue weighted by molar-refractivity contribution is 6.62. The Kier molecular flexibility index (Phi) is 3.50. The molecule has 1 aromatic heterocycles. The summed E-state index contributed by atoms with van der Waals surface area (Å²) in [6.45, 7) is 11.6. The van der Waals surface area contributed by atoms with E-state index in [4.69, 9.17) is 9.31 Å². The summed E-state index contributed by atoms with van der Waals surface area (Å²) in [7, 11) is -0.484. The predicted molar refractivity (Wildman–Crippen MR) is 75.3 cm³/mol. The highest BCUT2D eigenvalue weighted by Crippen LogP contribution is 2.36. The van der Waals surface area contributed by atoms with Gasteiger partial charge in [-0.2, -0.15) is 0 Å². The van der Waals surface area contributed by atoms with Gasteiger partial charge in [-0.15, -0.1) is 0 Å². The number of aliphatic hydroxyl groups excluding tert-OH is 1. The molecular weight excluding hydrogens is 241 g/mol. The molecule has 0 amide bonds. The van der Waals surface area contributed by atoms with E-state index >= 15 is 0 Å². The van der Waals surface area contributed by atoms with Crippen LogP contribution >= 0.6 is 0 Å². The van der Waals surface area contributed by atoms with Crippen molar-refractivity contribution in [3.05, 3.63) is 23.5 Å². The Morgan fingerprint density at radius 3 is 2.16 bits per heavy atom. The van der Waals surface area contributed by atoms with Crippen LogP contribution in [0, 0.1) is 6.92 Å². The molecule has 2 rings (SSSR count). The second kappa shape index (κ2) is 4.58. The van der Waals surface area contributed by atoms with Crippen LogP contribution in [0.25, 0.3) is 0 Å². The summed E-state index contributed by atoms with van der Waals surface area (Å²) in [4.78, 5) is 4.40. The van der Waals surface area contributed by atoms with E-state index in [9.17, 15) is 5.11 Å². The normalized spacial score (nSPS) is 22.6. The van der Waals surface area contributed by atoms with E-state index in [1.165, 1.54) is 0 Å². The maximum atomic E-state index is 9.88. The number of hydrogen-bond donors (Lipinski definition) is 1. The van der Waals surface area contributed by atoms with Crippen LogP contribution in [0.2, 0.25) is 0 Å². The molecule has 0 aromatic carbocycles. The van der Waals surface area contributed by atoms with Gasteiger partial charge in [-0.3, -0.25) is 4.98 Å². The Labute approximate surface area is 115 Å². The molecule has 4 nitrogen and oxygen atoms in total. The van der Waals surface area contributed by atoms with Gasteiger partial charge in [0.25, 0.3) is 0 Å². The van der Waals surface area contributed by atoms with E-state index in [1.54, 1.807) is 6.92 Å². The summed E-state index contributed by atoms with van der Waals surface area (Å²) in [6.07, 6.45) is -0.645. The van der Waals surface area contributed by atoms with Gasteiger partial charge >= 0.3 is 7.12 Å². The summed E-state index contributed by atoms with van der Waals surface area (Å²) >= 11 is 0. The first kappa shape index (κ1) is 14.5. The minimum Gasteiger partial charge on any atom is -0.399 e. The number of pyridine rings is 1. The summed E-state index contributed by atoms with van der Waals surface area (Å²) in [5, 5.41) is 9.88. The maximum absolute atomic E-state index is 9.88. The van der Waals surface area contributed by atoms with E-state index in [0.717, 1.165) is 11.2 Å². The largest absolute Gasteiger partial charge is 0.496 e. The van der Waals surface area contributed by atoms with Gasteiger partial charge in [0, 0.05) is 11.2 Å². The summed E-state index contributed by atoms with van der Waals surface area (Å²) < 4.78 is 12.0. The Morgan fingerprint density at radius 2 is 1.68 bits per heavy atom. The summed E-state index contributed by atoms with van der Waals surface area (Å²) in [5.41, 5.74) is 1.52. The average molecular weight is 263 g/mol. The first-order valence-electron chi connectivity index (χ1n) is 6.65. The lowest BCUT2D eigenvalue weighted by Crippen LogP contribution is -2.41. The number of hydrogen-bond acceptors (Lipinski definition) is 4. The summed E-state index contributed by atoms with van der Waals surface area (Å²) in [5.74, 6) is 0. The molecular formula is C14H22BNO3. The third-order valence-corrected chi connectivity index (χ3v) is 4.00. The molecule has 5 heteroatoms. The Balaban J connectivity index is 2.39. The standard InChI is InChI=1S/C14H22BNO3/c1-9-7-8-11(12(16-9)10(2)17)15-18-13(3,4)14(5,6)19-15/h7-8,10,17H,1-6H3. The van der Waals surface area contributed by atoms with Crippen molar-refractivity contribution in [2.45, 2.75) is 58.8 Å². The van der Waals surface area contributed by atoms with Crippen LogP contribution in [0.15, 0.2) is 12.1 Å². The topological polar surface area (TPSA) is 51.6 Å². The fourth-order valence-corrected chi connectivity index (χ4v) is 2.09. The number of aryl methyl sites for hydroxylation is 1. The third kappa shape index (κ3) is 2.55. The summed E-state index contributed by atoms with van der Waals surface area (Å²) in [6, 6.07) is 3.83. The van der Waals surface area contributed by atoms with Crippen LogP contribution in [0.5, 0.6) is 0 Å². The highest BCUT2D eigenvalue weighted by Gasteiger charge is 2.52. The number of aromatic nitrogens is 1. The molecule has 0 bridgehead atoms. The number of nitrogens with zero attached hydrogens (tertiary/aromatic N) is 1. The Morgan fingerprint density at radius 1 is 1.16 bits per heavy atom. The van der Waals surface area contributed by atoms with E-state index in [1.807, 2.05) is 46.8 Å². The molecule has 1 atom stereocenters. The van der Waals surface area contributed by atoms with Gasteiger partial charge in [-0.05, 0) is 47.6 Å². The van der Waals surface area contributed by atoms with Crippen LogP contribution in [-0.2, 0) is 9.31 Å². The molecule has 1 aliphatic heterocycles. The monoisotopic (exact) mass is 263 g/mol. The molecule has 1 saturated heterocycles. The van der Waals surface area contributed by atoms with Crippen molar-refractivity contribution in [1.82, 2.24) is 4.98 Å². The molecule has 1 aliphatic rings. The van der Waals surface area contributed by atoms with Gasteiger partial charge in [0.2, 0.25) is 0 Å². The van der Waals surface area contributed by atoms with E-state index in [0.29, 0.717) is 5.69 Å². The van der Waals surface area contributed by atoms with Crippen LogP contribution in [0.3, 0.4) is 0 Å². The molecule has 0 spiro atoms. The average Bonchev–Trinajstić information content (AvgIpc) is 2.47. The van der Waals surface area contributed by atoms with Gasteiger partial charge in [-0.25, -0.2) is 0 Å². The molecule has 19 heavy (non-hydrogen) atoms. The molecule has 104 valence electrons. The van der Waals surface area contributed by atoms with Crippen LogP contribution in [-0.4, -0.2) is 28.4 Å². The van der Waals surface area contributed by atoms with Gasteiger partial charge in [0.15, 0.2) is 0 Å². The lowest BCUT2D eigenvalue weighted by atomic mass is 9.76. The minimum absolute atomic E-state index is 0.390. The molecule has 1 unspecified atom stereocenters. The third-order valence-electron chi connectivity index (χ3n) is 4.00. The second-order valence-corrected chi connectivity index (χ2v) is 6.19. The van der Waals surface area contributed by atoms with Crippen molar-refractivity contribution >= 4 is 12.6 Å². The van der Waals surface area contributed by atoms with E-state index in [2.05, 4.69) is 4.98 Å². The quantitative estimate of drug-likeness (QED) is 0.826. The lowest BCUT2D eigenvalue weighted by Gasteiger charge is -2.32. The molecule has 0 saturated carbocycles. The van der Waals surface area contributed by atoms with Crippen molar-refractivity contribution in [2.75, 3.05) is 0 Å². The van der Waals surface area contributed by atoms with Crippen LogP contribution in [0.1, 0.15) is 52.1 Å². The van der Waals surface area contributed by atoms with Gasteiger partial charge in [-0.1, -0.05) is 6.07 Å².